The molecule has 3 aliphatic rings. The van der Waals surface area contributed by atoms with Gasteiger partial charge in [0.1, 0.15) is 22.8 Å². The maximum Gasteiger partial charge on any atom is 0.255 e. The molecular weight excluding hydrogens is 492 g/mol. The maximum atomic E-state index is 13.8. The van der Waals surface area contributed by atoms with E-state index in [9.17, 15) is 39.9 Å². The minimum atomic E-state index is -2.94. The van der Waals surface area contributed by atoms with Crippen LogP contribution in [0.25, 0.3) is 0 Å². The van der Waals surface area contributed by atoms with E-state index in [1.807, 2.05) is 30.3 Å². The molecule has 2 aromatic rings. The molecule has 0 fully saturated rings. The number of rotatable bonds is 4. The van der Waals surface area contributed by atoms with Gasteiger partial charge in [-0.1, -0.05) is 42.5 Å². The van der Waals surface area contributed by atoms with Crippen molar-refractivity contribution in [2.75, 3.05) is 14.1 Å². The third-order valence-corrected chi connectivity index (χ3v) is 8.10. The van der Waals surface area contributed by atoms with Crippen LogP contribution >= 0.6 is 0 Å². The monoisotopic (exact) mass is 520 g/mol. The number of amides is 1. The molecule has 0 radical (unpaired) electrons. The summed E-state index contributed by atoms with van der Waals surface area (Å²) in [6, 6.07) is 12.4. The third-order valence-electron chi connectivity index (χ3n) is 8.10. The number of primary amides is 1. The summed E-state index contributed by atoms with van der Waals surface area (Å²) >= 11 is 0. The van der Waals surface area contributed by atoms with Crippen molar-refractivity contribution >= 4 is 17.5 Å². The summed E-state index contributed by atoms with van der Waals surface area (Å²) in [4.78, 5) is 40.8. The van der Waals surface area contributed by atoms with Gasteiger partial charge in [-0.05, 0) is 43.6 Å². The Morgan fingerprint density at radius 2 is 1.68 bits per heavy atom. The number of carbonyl (C=O) groups is 3. The second-order valence-corrected chi connectivity index (χ2v) is 10.3. The Morgan fingerprint density at radius 3 is 2.29 bits per heavy atom. The van der Waals surface area contributed by atoms with Gasteiger partial charge in [-0.2, -0.15) is 0 Å². The number of ketones is 2. The number of aromatic hydroxyl groups is 1. The normalized spacial score (nSPS) is 30.7. The Hall–Kier alpha value is -3.99. The van der Waals surface area contributed by atoms with Crippen molar-refractivity contribution < 1.29 is 39.9 Å². The summed E-state index contributed by atoms with van der Waals surface area (Å²) < 4.78 is 0. The summed E-state index contributed by atoms with van der Waals surface area (Å²) in [5, 5.41) is 56.8. The number of Topliss-reactive ketones (excluding diaryl/α,β-unsaturated/α-hetero) is 2. The smallest absolute Gasteiger partial charge is 0.255 e. The number of hydrogen-bond acceptors (Lipinski definition) is 9. The van der Waals surface area contributed by atoms with Crippen molar-refractivity contribution in [2.24, 2.45) is 17.6 Å². The molecule has 10 heteroatoms. The van der Waals surface area contributed by atoms with Gasteiger partial charge in [0, 0.05) is 11.5 Å². The number of fused-ring (bicyclic) bond motifs is 3. The number of phenolic OH excluding ortho intramolecular Hbond substituents is 1. The maximum absolute atomic E-state index is 13.8. The summed E-state index contributed by atoms with van der Waals surface area (Å²) in [6.07, 6.45) is -1.37. The second kappa shape index (κ2) is 8.80. The van der Waals surface area contributed by atoms with E-state index in [0.29, 0.717) is 5.56 Å². The van der Waals surface area contributed by atoms with E-state index >= 15 is 0 Å². The number of benzene rings is 2. The van der Waals surface area contributed by atoms with Gasteiger partial charge in [-0.25, -0.2) is 0 Å². The van der Waals surface area contributed by atoms with Gasteiger partial charge in [0.2, 0.25) is 5.78 Å². The van der Waals surface area contributed by atoms with Crippen LogP contribution in [0, 0.1) is 11.8 Å². The molecule has 2 aromatic carbocycles. The fraction of sp³-hybridized carbons (Fsp3) is 0.321. The predicted octanol–water partition coefficient (Wildman–Crippen LogP) is 0.875. The number of phenols is 1. The molecule has 6 atom stereocenters. The SMILES string of the molecule is CN(C)[C@@H]1C(O)=C(C(N)=O)C(=O)[C@@]2(O)C(O)=C3C(=O)c4c(O)cccc4C(Cc4ccccc4)[C@H]3[C@H](O)[C@@H]12. The van der Waals surface area contributed by atoms with Crippen LogP contribution in [-0.4, -0.2) is 79.7 Å². The van der Waals surface area contributed by atoms with Crippen LogP contribution in [0.3, 0.4) is 0 Å². The van der Waals surface area contributed by atoms with Crippen LogP contribution in [0.15, 0.2) is 71.2 Å². The van der Waals surface area contributed by atoms with Crippen LogP contribution in [0.4, 0.5) is 0 Å². The van der Waals surface area contributed by atoms with Crippen LogP contribution in [0.5, 0.6) is 5.75 Å². The Morgan fingerprint density at radius 1 is 1.03 bits per heavy atom. The minimum absolute atomic E-state index is 0.110. The van der Waals surface area contributed by atoms with E-state index in [1.54, 1.807) is 12.1 Å². The molecule has 0 spiro atoms. The first kappa shape index (κ1) is 25.7. The lowest BCUT2D eigenvalue weighted by Gasteiger charge is -2.53. The van der Waals surface area contributed by atoms with Crippen molar-refractivity contribution in [3.63, 3.8) is 0 Å². The van der Waals surface area contributed by atoms with Crippen molar-refractivity contribution in [2.45, 2.75) is 30.1 Å². The first-order chi connectivity index (χ1) is 17.9. The Labute approximate surface area is 217 Å². The predicted molar refractivity (Wildman–Crippen MR) is 134 cm³/mol. The summed E-state index contributed by atoms with van der Waals surface area (Å²) in [7, 11) is 3.00. The highest BCUT2D eigenvalue weighted by molar-refractivity contribution is 6.25. The van der Waals surface area contributed by atoms with Crippen molar-refractivity contribution in [3.8, 4) is 5.75 Å². The van der Waals surface area contributed by atoms with Gasteiger partial charge in [-0.15, -0.1) is 0 Å². The molecular formula is C28H28N2O8. The summed E-state index contributed by atoms with van der Waals surface area (Å²) in [6.45, 7) is 0. The van der Waals surface area contributed by atoms with E-state index in [0.717, 1.165) is 5.56 Å². The molecule has 5 rings (SSSR count). The molecule has 38 heavy (non-hydrogen) atoms. The lowest BCUT2D eigenvalue weighted by Crippen LogP contribution is -2.68. The highest BCUT2D eigenvalue weighted by Gasteiger charge is 2.67. The molecule has 0 saturated carbocycles. The highest BCUT2D eigenvalue weighted by atomic mass is 16.4. The average molecular weight is 521 g/mol. The molecule has 0 saturated heterocycles. The fourth-order valence-electron chi connectivity index (χ4n) is 6.51. The highest BCUT2D eigenvalue weighted by Crippen LogP contribution is 2.56. The fourth-order valence-corrected chi connectivity index (χ4v) is 6.51. The van der Waals surface area contributed by atoms with Gasteiger partial charge in [-0.3, -0.25) is 19.3 Å². The molecule has 198 valence electrons. The van der Waals surface area contributed by atoms with Gasteiger partial charge in [0.15, 0.2) is 11.4 Å². The molecule has 1 unspecified atom stereocenters. The molecule has 7 N–H and O–H groups in total. The van der Waals surface area contributed by atoms with Gasteiger partial charge >= 0.3 is 0 Å². The van der Waals surface area contributed by atoms with E-state index in [4.69, 9.17) is 5.73 Å². The van der Waals surface area contributed by atoms with Crippen LogP contribution in [0.1, 0.15) is 27.4 Å². The summed E-state index contributed by atoms with van der Waals surface area (Å²) in [5.41, 5.74) is 2.23. The zero-order chi connectivity index (χ0) is 27.7. The zero-order valence-electron chi connectivity index (χ0n) is 20.7. The standard InChI is InChI=1S/C28H28N2O8/c1-30(2)21-20-23(33)17-14(11-12-7-4-3-5-8-12)13-9-6-10-15(31)16(13)22(32)18(17)25(35)28(20,38)26(36)19(24(21)34)27(29)37/h3-10,14,17,20-21,23,31,33-35,38H,11H2,1-2H3,(H2,29,37)/t14?,17-,20-,21+,23+,28+/m1/s1. The van der Waals surface area contributed by atoms with Crippen LogP contribution in [0.2, 0.25) is 0 Å². The van der Waals surface area contributed by atoms with Crippen LogP contribution < -0.4 is 5.73 Å². The number of likely N-dealkylation sites (N-methyl/N-ethyl adjacent to an activating group) is 1. The lowest BCUT2D eigenvalue weighted by atomic mass is 9.54. The molecule has 0 aliphatic heterocycles. The number of aliphatic hydroxyl groups excluding tert-OH is 3. The Bertz CT molecular complexity index is 1430. The number of hydrogen-bond donors (Lipinski definition) is 6. The second-order valence-electron chi connectivity index (χ2n) is 10.3. The van der Waals surface area contributed by atoms with E-state index < -0.39 is 75.6 Å². The topological polar surface area (TPSA) is 182 Å². The minimum Gasteiger partial charge on any atom is -0.510 e. The van der Waals surface area contributed by atoms with Gasteiger partial charge < -0.3 is 31.3 Å². The Kier molecular flexibility index (Phi) is 5.94. The van der Waals surface area contributed by atoms with Gasteiger partial charge in [0.25, 0.3) is 5.91 Å². The largest absolute Gasteiger partial charge is 0.510 e. The van der Waals surface area contributed by atoms with Crippen molar-refractivity contribution in [1.82, 2.24) is 4.90 Å². The average Bonchev–Trinajstić information content (AvgIpc) is 2.86. The zero-order valence-corrected chi connectivity index (χ0v) is 20.7. The van der Waals surface area contributed by atoms with Crippen molar-refractivity contribution in [3.05, 3.63) is 87.9 Å². The van der Waals surface area contributed by atoms with E-state index in [-0.39, 0.29) is 17.7 Å². The molecule has 3 aliphatic carbocycles. The molecule has 0 aromatic heterocycles. The van der Waals surface area contributed by atoms with Crippen LogP contribution in [-0.2, 0) is 16.0 Å². The quantitative estimate of drug-likeness (QED) is 0.319. The number of carbonyl (C=O) groups excluding carboxylic acids is 3. The van der Waals surface area contributed by atoms with Crippen molar-refractivity contribution in [1.29, 1.82) is 0 Å². The van der Waals surface area contributed by atoms with E-state index in [2.05, 4.69) is 0 Å². The molecule has 1 amide bonds. The lowest BCUT2D eigenvalue weighted by molar-refractivity contribution is -0.162. The first-order valence-electron chi connectivity index (χ1n) is 12.1. The number of nitrogens with zero attached hydrogens (tertiary/aromatic N) is 1. The third kappa shape index (κ3) is 3.34. The molecule has 0 heterocycles. The Balaban J connectivity index is 1.81. The van der Waals surface area contributed by atoms with Gasteiger partial charge in [0.05, 0.1) is 23.6 Å². The summed E-state index contributed by atoms with van der Waals surface area (Å²) in [5.74, 6) is -9.09. The molecule has 10 nitrogen and oxygen atoms in total. The van der Waals surface area contributed by atoms with E-state index in [1.165, 1.54) is 25.1 Å². The number of aliphatic hydroxyl groups is 4. The number of nitrogens with two attached hydrogens (primary N) is 1. The molecule has 0 bridgehead atoms. The first-order valence-corrected chi connectivity index (χ1v) is 12.1.